The Bertz CT molecular complexity index is 381. The van der Waals surface area contributed by atoms with Crippen LogP contribution < -0.4 is 0 Å². The first-order valence-electron chi connectivity index (χ1n) is 7.47. The summed E-state index contributed by atoms with van der Waals surface area (Å²) < 4.78 is 0. The molecule has 0 amide bonds. The highest BCUT2D eigenvalue weighted by Gasteiger charge is 2.70. The van der Waals surface area contributed by atoms with Gasteiger partial charge in [-0.05, 0) is 72.5 Å². The van der Waals surface area contributed by atoms with Gasteiger partial charge in [0.15, 0.2) is 0 Å². The van der Waals surface area contributed by atoms with E-state index in [9.17, 15) is 0 Å². The second-order valence-corrected chi connectivity index (χ2v) is 7.63. The predicted molar refractivity (Wildman–Crippen MR) is 64.8 cm³/mol. The maximum absolute atomic E-state index is 2.68. The molecule has 0 aromatic heterocycles. The van der Waals surface area contributed by atoms with Crippen LogP contribution in [0.15, 0.2) is 12.2 Å². The normalized spacial score (nSPS) is 68.9. The molecule has 0 N–H and O–H groups in total. The minimum Gasteiger partial charge on any atom is -0.0848 e. The van der Waals surface area contributed by atoms with E-state index < -0.39 is 0 Å². The molecule has 4 fully saturated rings. The van der Waals surface area contributed by atoms with Crippen LogP contribution in [0.25, 0.3) is 0 Å². The van der Waals surface area contributed by atoms with E-state index in [2.05, 4.69) is 19.1 Å². The lowest BCUT2D eigenvalue weighted by atomic mass is 9.60. The first kappa shape index (κ1) is 8.78. The Morgan fingerprint density at radius 2 is 1.94 bits per heavy atom. The maximum Gasteiger partial charge on any atom is -0.0191 e. The monoisotopic (exact) mass is 214 g/mol. The molecule has 0 aromatic rings. The number of hydrogen-bond acceptors (Lipinski definition) is 0. The van der Waals surface area contributed by atoms with E-state index in [0.717, 1.165) is 46.8 Å². The lowest BCUT2D eigenvalue weighted by Gasteiger charge is -2.45. The number of rotatable bonds is 0. The molecule has 0 heteroatoms. The molecule has 0 heterocycles. The van der Waals surface area contributed by atoms with E-state index in [1.807, 2.05) is 0 Å². The van der Waals surface area contributed by atoms with Crippen LogP contribution in [0, 0.1) is 46.8 Å². The van der Waals surface area contributed by atoms with Crippen molar-refractivity contribution in [1.29, 1.82) is 0 Å². The lowest BCUT2D eigenvalue weighted by molar-refractivity contribution is 0.0420. The molecular weight excluding hydrogens is 192 g/mol. The largest absolute Gasteiger partial charge is 0.0848 e. The lowest BCUT2D eigenvalue weighted by Crippen LogP contribution is -2.40. The van der Waals surface area contributed by atoms with Crippen molar-refractivity contribution in [1.82, 2.24) is 0 Å². The van der Waals surface area contributed by atoms with Gasteiger partial charge < -0.3 is 0 Å². The van der Waals surface area contributed by atoms with Gasteiger partial charge in [-0.2, -0.15) is 0 Å². The van der Waals surface area contributed by atoms with Crippen LogP contribution in [-0.4, -0.2) is 0 Å². The standard InChI is InChI=1S/C16H22/c1-16-8-12(11-3-2-4-13(11)16)14-9-5-6-10(7-9)15(14)16/h5-6,9-15H,2-4,7-8H2,1H3. The third kappa shape index (κ3) is 0.718. The molecule has 0 saturated heterocycles. The third-order valence-electron chi connectivity index (χ3n) is 7.42. The van der Waals surface area contributed by atoms with Crippen LogP contribution in [-0.2, 0) is 0 Å². The Kier molecular flexibility index (Phi) is 1.34. The van der Waals surface area contributed by atoms with E-state index in [0.29, 0.717) is 0 Å². The summed E-state index contributed by atoms with van der Waals surface area (Å²) in [7, 11) is 0. The average Bonchev–Trinajstić information content (AvgIpc) is 3.00. The number of fused-ring (bicyclic) bond motifs is 12. The zero-order valence-electron chi connectivity index (χ0n) is 10.2. The van der Waals surface area contributed by atoms with Crippen molar-refractivity contribution in [2.24, 2.45) is 46.8 Å². The van der Waals surface area contributed by atoms with Crippen molar-refractivity contribution < 1.29 is 0 Å². The van der Waals surface area contributed by atoms with Gasteiger partial charge in [0.05, 0.1) is 0 Å². The fourth-order valence-electron chi connectivity index (χ4n) is 7.31. The summed E-state index contributed by atoms with van der Waals surface area (Å²) in [6.45, 7) is 2.68. The van der Waals surface area contributed by atoms with Gasteiger partial charge in [0.2, 0.25) is 0 Å². The SMILES string of the molecule is CC12CC(C3CCCC31)C1C3C=CC(C3)C12. The van der Waals surface area contributed by atoms with Crippen molar-refractivity contribution in [2.45, 2.75) is 39.0 Å². The van der Waals surface area contributed by atoms with Gasteiger partial charge in [0.25, 0.3) is 0 Å². The molecule has 0 radical (unpaired) electrons. The minimum absolute atomic E-state index is 0.765. The van der Waals surface area contributed by atoms with Gasteiger partial charge in [-0.1, -0.05) is 25.5 Å². The zero-order valence-corrected chi connectivity index (χ0v) is 10.2. The van der Waals surface area contributed by atoms with Crippen LogP contribution in [0.4, 0.5) is 0 Å². The quantitative estimate of drug-likeness (QED) is 0.424. The summed E-state index contributed by atoms with van der Waals surface area (Å²) in [6.07, 6.45) is 13.0. The number of allylic oxidation sites excluding steroid dienone is 2. The van der Waals surface area contributed by atoms with E-state index >= 15 is 0 Å². The second-order valence-electron chi connectivity index (χ2n) is 7.63. The van der Waals surface area contributed by atoms with Gasteiger partial charge in [0, 0.05) is 0 Å². The Morgan fingerprint density at radius 1 is 1.06 bits per heavy atom. The Labute approximate surface area is 98.5 Å². The third-order valence-corrected chi connectivity index (χ3v) is 7.42. The van der Waals surface area contributed by atoms with Crippen LogP contribution in [0.3, 0.4) is 0 Å². The molecule has 4 bridgehead atoms. The highest BCUT2D eigenvalue weighted by molar-refractivity contribution is 5.25. The molecule has 5 aliphatic carbocycles. The number of hydrogen-bond donors (Lipinski definition) is 0. The molecule has 16 heavy (non-hydrogen) atoms. The first-order valence-corrected chi connectivity index (χ1v) is 7.47. The molecule has 8 unspecified atom stereocenters. The van der Waals surface area contributed by atoms with Crippen LogP contribution in [0.1, 0.15) is 39.0 Å². The van der Waals surface area contributed by atoms with E-state index in [1.165, 1.54) is 6.42 Å². The van der Waals surface area contributed by atoms with Crippen molar-refractivity contribution in [3.05, 3.63) is 12.2 Å². The Morgan fingerprint density at radius 3 is 2.88 bits per heavy atom. The smallest absolute Gasteiger partial charge is 0.0191 e. The summed E-state index contributed by atoms with van der Waals surface area (Å²) >= 11 is 0. The van der Waals surface area contributed by atoms with E-state index in [-0.39, 0.29) is 0 Å². The van der Waals surface area contributed by atoms with Gasteiger partial charge in [-0.25, -0.2) is 0 Å². The topological polar surface area (TPSA) is 0 Å². The summed E-state index contributed by atoms with van der Waals surface area (Å²) in [6, 6.07) is 0. The summed E-state index contributed by atoms with van der Waals surface area (Å²) in [4.78, 5) is 0. The highest BCUT2D eigenvalue weighted by atomic mass is 14.7. The van der Waals surface area contributed by atoms with Crippen molar-refractivity contribution >= 4 is 0 Å². The molecule has 5 rings (SSSR count). The van der Waals surface area contributed by atoms with E-state index in [1.54, 1.807) is 25.7 Å². The summed E-state index contributed by atoms with van der Waals surface area (Å²) in [5.74, 6) is 7.65. The molecule has 0 nitrogen and oxygen atoms in total. The van der Waals surface area contributed by atoms with Gasteiger partial charge in [-0.15, -0.1) is 0 Å². The van der Waals surface area contributed by atoms with E-state index in [4.69, 9.17) is 0 Å². The maximum atomic E-state index is 2.68. The van der Waals surface area contributed by atoms with Crippen LogP contribution >= 0.6 is 0 Å². The molecule has 86 valence electrons. The van der Waals surface area contributed by atoms with Crippen LogP contribution in [0.2, 0.25) is 0 Å². The second kappa shape index (κ2) is 2.44. The van der Waals surface area contributed by atoms with Crippen molar-refractivity contribution in [2.75, 3.05) is 0 Å². The molecule has 8 atom stereocenters. The zero-order chi connectivity index (χ0) is 10.5. The Hall–Kier alpha value is -0.260. The molecule has 0 aliphatic heterocycles. The van der Waals surface area contributed by atoms with Crippen LogP contribution in [0.5, 0.6) is 0 Å². The first-order chi connectivity index (χ1) is 7.79. The highest BCUT2D eigenvalue weighted by Crippen LogP contribution is 2.76. The molecular formula is C16H22. The molecule has 5 aliphatic rings. The van der Waals surface area contributed by atoms with Crippen molar-refractivity contribution in [3.63, 3.8) is 0 Å². The molecule has 4 saturated carbocycles. The fraction of sp³-hybridized carbons (Fsp3) is 0.875. The van der Waals surface area contributed by atoms with Gasteiger partial charge >= 0.3 is 0 Å². The van der Waals surface area contributed by atoms with Gasteiger partial charge in [0.1, 0.15) is 0 Å². The molecule has 0 aromatic carbocycles. The summed E-state index contributed by atoms with van der Waals surface area (Å²) in [5.41, 5.74) is 0.765. The average molecular weight is 214 g/mol. The minimum atomic E-state index is 0.765. The van der Waals surface area contributed by atoms with Gasteiger partial charge in [-0.3, -0.25) is 0 Å². The van der Waals surface area contributed by atoms with Crippen molar-refractivity contribution in [3.8, 4) is 0 Å². The molecule has 0 spiro atoms. The predicted octanol–water partition coefficient (Wildman–Crippen LogP) is 3.88. The fourth-order valence-corrected chi connectivity index (χ4v) is 7.31. The summed E-state index contributed by atoms with van der Waals surface area (Å²) in [5, 5.41) is 0. The Balaban J connectivity index is 1.67.